The van der Waals surface area contributed by atoms with Gasteiger partial charge in [0.2, 0.25) is 17.7 Å². The first-order chi connectivity index (χ1) is 33.5. The summed E-state index contributed by atoms with van der Waals surface area (Å²) in [5, 5.41) is 13.6. The minimum atomic E-state index is -1.10. The van der Waals surface area contributed by atoms with Crippen molar-refractivity contribution < 1.29 is 33.2 Å². The second-order valence-electron chi connectivity index (χ2n) is 18.2. The number of amides is 6. The van der Waals surface area contributed by atoms with Crippen molar-refractivity contribution in [2.24, 2.45) is 0 Å². The highest BCUT2D eigenvalue weighted by molar-refractivity contribution is 7.13. The molecule has 19 heteroatoms. The second-order valence-corrected chi connectivity index (χ2v) is 19.0. The highest BCUT2D eigenvalue weighted by atomic mass is 32.1. The highest BCUT2D eigenvalue weighted by Gasteiger charge is 2.42. The van der Waals surface area contributed by atoms with E-state index >= 15 is 4.39 Å². The minimum absolute atomic E-state index is 0.0888. The Hall–Kier alpha value is -7.30. The number of aromatic nitrogens is 4. The number of fused-ring (bicyclic) bond motifs is 2. The normalized spacial score (nSPS) is 19.0. The molecule has 6 amide bonds. The maximum atomic E-state index is 15.7. The average molecular weight is 952 g/mol. The quantitative estimate of drug-likeness (QED) is 0.108. The van der Waals surface area contributed by atoms with Crippen molar-refractivity contribution >= 4 is 57.6 Å². The maximum Gasteiger partial charge on any atom is 0.270 e. The van der Waals surface area contributed by atoms with Gasteiger partial charge in [0.25, 0.3) is 17.7 Å². The Balaban J connectivity index is 0.684. The highest BCUT2D eigenvalue weighted by Crippen LogP contribution is 2.37. The van der Waals surface area contributed by atoms with Gasteiger partial charge in [-0.15, -0.1) is 11.3 Å². The summed E-state index contributed by atoms with van der Waals surface area (Å²) in [4.78, 5) is 96.3. The lowest BCUT2D eigenvalue weighted by Crippen LogP contribution is -2.49. The molecule has 5 aromatic rings. The fourth-order valence-corrected chi connectivity index (χ4v) is 10.5. The second kappa shape index (κ2) is 19.7. The fraction of sp³-hybridized carbons (Fsp3) is 0.380. The molecule has 2 aromatic carbocycles. The third-order valence-electron chi connectivity index (χ3n) is 13.7. The summed E-state index contributed by atoms with van der Waals surface area (Å²) in [5.74, 6) is 3.91. The number of hydrogen-bond donors (Lipinski definition) is 4. The van der Waals surface area contributed by atoms with E-state index in [-0.39, 0.29) is 58.6 Å². The molecule has 0 aliphatic carbocycles. The molecule has 5 aliphatic rings. The van der Waals surface area contributed by atoms with E-state index in [1.54, 1.807) is 30.0 Å². The van der Waals surface area contributed by atoms with Crippen molar-refractivity contribution in [3.8, 4) is 11.8 Å². The van der Waals surface area contributed by atoms with Crippen LogP contribution >= 0.6 is 11.3 Å². The zero-order chi connectivity index (χ0) is 47.6. The van der Waals surface area contributed by atoms with Gasteiger partial charge in [0.1, 0.15) is 17.6 Å². The van der Waals surface area contributed by atoms with Crippen molar-refractivity contribution in [2.45, 2.75) is 88.5 Å². The number of pyridine rings is 1. The van der Waals surface area contributed by atoms with Crippen molar-refractivity contribution in [1.29, 1.82) is 0 Å². The van der Waals surface area contributed by atoms with E-state index in [4.69, 9.17) is 0 Å². The van der Waals surface area contributed by atoms with Gasteiger partial charge in [0.05, 0.1) is 25.1 Å². The molecule has 354 valence electrons. The minimum Gasteiger partial charge on any atom is -0.374 e. The lowest BCUT2D eigenvalue weighted by atomic mass is 9.89. The van der Waals surface area contributed by atoms with Crippen LogP contribution in [-0.4, -0.2) is 114 Å². The van der Waals surface area contributed by atoms with Crippen LogP contribution in [0.4, 0.5) is 15.2 Å². The first-order valence-electron chi connectivity index (χ1n) is 23.4. The number of anilines is 2. The van der Waals surface area contributed by atoms with Crippen LogP contribution in [0.2, 0.25) is 0 Å². The number of piperidine rings is 3. The molecule has 69 heavy (non-hydrogen) atoms. The Morgan fingerprint density at radius 3 is 2.42 bits per heavy atom. The number of likely N-dealkylation sites (tertiary alicyclic amines) is 2. The van der Waals surface area contributed by atoms with E-state index < -0.39 is 29.7 Å². The largest absolute Gasteiger partial charge is 0.374 e. The summed E-state index contributed by atoms with van der Waals surface area (Å²) in [5.41, 5.74) is 4.69. The first-order valence-corrected chi connectivity index (χ1v) is 24.3. The number of aryl methyl sites for hydroxylation is 1. The Morgan fingerprint density at radius 2 is 1.68 bits per heavy atom. The van der Waals surface area contributed by atoms with Gasteiger partial charge in [-0.3, -0.25) is 44.3 Å². The number of hydrogen-bond acceptors (Lipinski definition) is 12. The van der Waals surface area contributed by atoms with Crippen LogP contribution < -0.4 is 21.3 Å². The average Bonchev–Trinajstić information content (AvgIpc) is 4.18. The molecule has 8 heterocycles. The lowest BCUT2D eigenvalue weighted by molar-refractivity contribution is -0.134. The molecule has 0 saturated carbocycles. The van der Waals surface area contributed by atoms with Gasteiger partial charge in [-0.1, -0.05) is 24.0 Å². The number of nitrogens with zero attached hydrogens (tertiary/aromatic N) is 7. The summed E-state index contributed by atoms with van der Waals surface area (Å²) in [6, 6.07) is 12.5. The van der Waals surface area contributed by atoms with E-state index in [0.29, 0.717) is 74.0 Å². The zero-order valence-corrected chi connectivity index (χ0v) is 38.5. The molecular weight excluding hydrogens is 902 g/mol. The van der Waals surface area contributed by atoms with Crippen molar-refractivity contribution in [3.63, 3.8) is 0 Å². The Labute approximate surface area is 401 Å². The van der Waals surface area contributed by atoms with Crippen LogP contribution in [0.3, 0.4) is 0 Å². The molecule has 3 saturated heterocycles. The van der Waals surface area contributed by atoms with Crippen molar-refractivity contribution in [3.05, 3.63) is 123 Å². The van der Waals surface area contributed by atoms with Crippen molar-refractivity contribution in [1.82, 2.24) is 44.9 Å². The molecule has 4 N–H and O–H groups in total. The summed E-state index contributed by atoms with van der Waals surface area (Å²) in [6.45, 7) is 3.74. The molecule has 10 rings (SSSR count). The van der Waals surface area contributed by atoms with Gasteiger partial charge in [-0.05, 0) is 106 Å². The molecule has 0 spiro atoms. The lowest BCUT2D eigenvalue weighted by Gasteiger charge is -2.36. The smallest absolute Gasteiger partial charge is 0.270 e. The van der Waals surface area contributed by atoms with E-state index in [2.05, 4.69) is 65.1 Å². The van der Waals surface area contributed by atoms with Crippen molar-refractivity contribution in [2.75, 3.05) is 43.4 Å². The van der Waals surface area contributed by atoms with Crippen LogP contribution in [0.25, 0.3) is 0 Å². The summed E-state index contributed by atoms with van der Waals surface area (Å²) >= 11 is 1.25. The maximum absolute atomic E-state index is 15.7. The number of benzene rings is 2. The van der Waals surface area contributed by atoms with Crippen LogP contribution in [0, 0.1) is 17.7 Å². The van der Waals surface area contributed by atoms with E-state index in [1.807, 2.05) is 21.6 Å². The van der Waals surface area contributed by atoms with Gasteiger partial charge in [0.15, 0.2) is 11.2 Å². The van der Waals surface area contributed by atoms with Crippen LogP contribution in [0.1, 0.15) is 111 Å². The van der Waals surface area contributed by atoms with E-state index in [0.717, 1.165) is 50.3 Å². The number of halogens is 1. The van der Waals surface area contributed by atoms with Gasteiger partial charge in [-0.25, -0.2) is 19.3 Å². The Morgan fingerprint density at radius 1 is 0.884 bits per heavy atom. The number of carbonyl (C=O) groups excluding carboxylic acids is 6. The third-order valence-corrected chi connectivity index (χ3v) is 14.4. The number of imide groups is 1. The molecule has 0 radical (unpaired) electrons. The number of rotatable bonds is 11. The fourth-order valence-electron chi connectivity index (χ4n) is 9.95. The van der Waals surface area contributed by atoms with Crippen LogP contribution in [0.5, 0.6) is 0 Å². The summed E-state index contributed by atoms with van der Waals surface area (Å²) in [7, 11) is 0. The standard InChI is InChI=1S/C50H50FN11O6S/c51-38-25-31(24-36-37(38)27-62(49(36)68)45(48(67)58-50-52-17-23-69-50)44-41-2-1-18-61(41)29-54-44)4-3-30-5-10-39(53-26-30)46(65)56-35-15-21-60(22-16-35)43(64)28-59-19-13-33(14-20-59)32-6-8-34(9-7-32)55-40-11-12-42(63)57-47(40)66/h5-10,17,23-26,29,33,35,40,45,55H,1-2,11-16,18-22,27-28H2,(H,56,65)(H,52,58,67)(H,57,63,66)/t40-,45-/m1/s1. The van der Waals surface area contributed by atoms with Gasteiger partial charge >= 0.3 is 0 Å². The van der Waals surface area contributed by atoms with Gasteiger partial charge in [-0.2, -0.15) is 0 Å². The number of nitrogens with one attached hydrogen (secondary N) is 4. The van der Waals surface area contributed by atoms with E-state index in [1.165, 1.54) is 40.1 Å². The monoisotopic (exact) mass is 951 g/mol. The third kappa shape index (κ3) is 9.99. The van der Waals surface area contributed by atoms with Crippen LogP contribution in [-0.2, 0) is 38.7 Å². The summed E-state index contributed by atoms with van der Waals surface area (Å²) in [6.07, 6.45) is 10.3. The van der Waals surface area contributed by atoms with E-state index in [9.17, 15) is 28.8 Å². The topological polar surface area (TPSA) is 204 Å². The molecule has 17 nitrogen and oxygen atoms in total. The molecule has 0 unspecified atom stereocenters. The Bertz CT molecular complexity index is 2860. The SMILES string of the molecule is O=C1CC[C@@H](Nc2ccc(C3CCN(CC(=O)N4CCC(NC(=O)c5ccc(C#Cc6cc(F)c7c(c6)C(=O)N([C@@H](C(=O)Nc6nccs6)c6ncn8c6CCC8)C7)cn5)CC4)CC3)cc2)C(=O)N1. The molecule has 3 aromatic heterocycles. The summed E-state index contributed by atoms with van der Waals surface area (Å²) < 4.78 is 17.7. The first kappa shape index (κ1) is 45.5. The molecular formula is C50H50FN11O6S. The number of carbonyl (C=O) groups is 6. The van der Waals surface area contributed by atoms with Gasteiger partial charge < -0.3 is 25.0 Å². The predicted octanol–water partition coefficient (Wildman–Crippen LogP) is 4.37. The molecule has 0 bridgehead atoms. The number of thiazole rings is 1. The van der Waals surface area contributed by atoms with Gasteiger partial charge in [0, 0.05) is 83.5 Å². The molecule has 2 atom stereocenters. The molecule has 3 fully saturated rings. The zero-order valence-electron chi connectivity index (χ0n) is 37.7. The van der Waals surface area contributed by atoms with Crippen LogP contribution in [0.15, 0.2) is 72.6 Å². The molecule has 5 aliphatic heterocycles. The number of imidazole rings is 1. The Kier molecular flexibility index (Phi) is 13.0. The predicted molar refractivity (Wildman–Crippen MR) is 252 cm³/mol.